The number of fused-ring (bicyclic) bond motifs is 1. The second-order valence-electron chi connectivity index (χ2n) is 4.15. The summed E-state index contributed by atoms with van der Waals surface area (Å²) >= 11 is 0. The second kappa shape index (κ2) is 4.62. The van der Waals surface area contributed by atoms with Gasteiger partial charge in [-0.3, -0.25) is 15.0 Å². The summed E-state index contributed by atoms with van der Waals surface area (Å²) in [6.07, 6.45) is 1.55. The molecule has 0 fully saturated rings. The number of hydrogen-bond donors (Lipinski definition) is 2. The standard InChI is InChI=1S/C13H15N3O2/c1-3-16-7-10(13(18)15-14)12(17)9-5-4-8(2)6-11(9)16/h4-7H,3,14H2,1-2H3,(H,15,18). The normalized spacial score (nSPS) is 10.6. The molecule has 5 nitrogen and oxygen atoms in total. The third-order valence-electron chi connectivity index (χ3n) is 2.95. The monoisotopic (exact) mass is 245 g/mol. The summed E-state index contributed by atoms with van der Waals surface area (Å²) in [5.41, 5.74) is 3.67. The van der Waals surface area contributed by atoms with Crippen LogP contribution in [0.15, 0.2) is 29.2 Å². The summed E-state index contributed by atoms with van der Waals surface area (Å²) in [7, 11) is 0. The van der Waals surface area contributed by atoms with Crippen LogP contribution in [-0.2, 0) is 6.54 Å². The Morgan fingerprint density at radius 2 is 2.17 bits per heavy atom. The van der Waals surface area contributed by atoms with E-state index >= 15 is 0 Å². The molecule has 1 aromatic heterocycles. The SMILES string of the molecule is CCn1cc(C(=O)NN)c(=O)c2ccc(C)cc21. The van der Waals surface area contributed by atoms with E-state index in [0.717, 1.165) is 11.1 Å². The van der Waals surface area contributed by atoms with Gasteiger partial charge in [0.2, 0.25) is 5.43 Å². The van der Waals surface area contributed by atoms with Crippen molar-refractivity contribution in [2.75, 3.05) is 0 Å². The number of nitrogens with one attached hydrogen (secondary N) is 1. The lowest BCUT2D eigenvalue weighted by Gasteiger charge is -2.11. The van der Waals surface area contributed by atoms with Crippen LogP contribution in [0.5, 0.6) is 0 Å². The Morgan fingerprint density at radius 1 is 1.44 bits per heavy atom. The van der Waals surface area contributed by atoms with E-state index in [1.807, 2.05) is 36.0 Å². The van der Waals surface area contributed by atoms with Crippen molar-refractivity contribution < 1.29 is 4.79 Å². The predicted molar refractivity (Wildman–Crippen MR) is 70.3 cm³/mol. The fraction of sp³-hybridized carbons (Fsp3) is 0.231. The van der Waals surface area contributed by atoms with Gasteiger partial charge in [-0.05, 0) is 31.5 Å². The maximum absolute atomic E-state index is 12.2. The second-order valence-corrected chi connectivity index (χ2v) is 4.15. The lowest BCUT2D eigenvalue weighted by atomic mass is 10.1. The molecule has 0 saturated heterocycles. The minimum Gasteiger partial charge on any atom is -0.347 e. The summed E-state index contributed by atoms with van der Waals surface area (Å²) in [6.45, 7) is 4.59. The largest absolute Gasteiger partial charge is 0.347 e. The van der Waals surface area contributed by atoms with E-state index in [1.54, 1.807) is 12.3 Å². The molecule has 18 heavy (non-hydrogen) atoms. The van der Waals surface area contributed by atoms with Gasteiger partial charge in [-0.2, -0.15) is 0 Å². The van der Waals surface area contributed by atoms with Gasteiger partial charge >= 0.3 is 0 Å². The van der Waals surface area contributed by atoms with Gasteiger partial charge in [0, 0.05) is 18.1 Å². The van der Waals surface area contributed by atoms with Crippen LogP contribution < -0.4 is 16.7 Å². The number of carbonyl (C=O) groups is 1. The molecule has 1 heterocycles. The molecule has 0 aliphatic rings. The van der Waals surface area contributed by atoms with Crippen LogP contribution in [0.3, 0.4) is 0 Å². The van der Waals surface area contributed by atoms with Crippen LogP contribution in [0.1, 0.15) is 22.8 Å². The summed E-state index contributed by atoms with van der Waals surface area (Å²) in [4.78, 5) is 23.7. The first-order chi connectivity index (χ1) is 8.58. The first-order valence-corrected chi connectivity index (χ1v) is 5.73. The molecule has 0 spiro atoms. The number of pyridine rings is 1. The van der Waals surface area contributed by atoms with Crippen LogP contribution in [0, 0.1) is 6.92 Å². The topological polar surface area (TPSA) is 77.1 Å². The number of carbonyl (C=O) groups excluding carboxylic acids is 1. The highest BCUT2D eigenvalue weighted by Crippen LogP contribution is 2.14. The van der Waals surface area contributed by atoms with Gasteiger partial charge in [0.15, 0.2) is 0 Å². The molecule has 94 valence electrons. The average molecular weight is 245 g/mol. The number of benzene rings is 1. The Balaban J connectivity index is 2.87. The molecule has 5 heteroatoms. The molecule has 3 N–H and O–H groups in total. The molecule has 0 aliphatic heterocycles. The van der Waals surface area contributed by atoms with Crippen molar-refractivity contribution in [1.29, 1.82) is 0 Å². The van der Waals surface area contributed by atoms with E-state index < -0.39 is 5.91 Å². The Hall–Kier alpha value is -2.14. The van der Waals surface area contributed by atoms with Gasteiger partial charge in [0.25, 0.3) is 5.91 Å². The Bertz CT molecular complexity index is 674. The highest BCUT2D eigenvalue weighted by atomic mass is 16.2. The first kappa shape index (κ1) is 12.3. The van der Waals surface area contributed by atoms with Gasteiger partial charge in [-0.15, -0.1) is 0 Å². The number of nitrogens with zero attached hydrogens (tertiary/aromatic N) is 1. The first-order valence-electron chi connectivity index (χ1n) is 5.73. The summed E-state index contributed by atoms with van der Waals surface area (Å²) in [5.74, 6) is 4.52. The Kier molecular flexibility index (Phi) is 3.16. The maximum Gasteiger partial charge on any atom is 0.270 e. The number of nitrogen functional groups attached to an aromatic ring is 1. The zero-order valence-corrected chi connectivity index (χ0v) is 10.4. The molecule has 0 unspecified atom stereocenters. The minimum absolute atomic E-state index is 0.0655. The van der Waals surface area contributed by atoms with E-state index in [4.69, 9.17) is 5.84 Å². The van der Waals surface area contributed by atoms with Gasteiger partial charge in [-0.1, -0.05) is 6.07 Å². The van der Waals surface area contributed by atoms with Gasteiger partial charge in [0.1, 0.15) is 5.56 Å². The maximum atomic E-state index is 12.2. The van der Waals surface area contributed by atoms with Crippen molar-refractivity contribution in [3.05, 3.63) is 45.7 Å². The molecular formula is C13H15N3O2. The number of rotatable bonds is 2. The summed E-state index contributed by atoms with van der Waals surface area (Å²) in [5, 5.41) is 0.531. The molecule has 2 aromatic rings. The zero-order valence-electron chi connectivity index (χ0n) is 10.4. The van der Waals surface area contributed by atoms with E-state index in [0.29, 0.717) is 11.9 Å². The molecule has 1 amide bonds. The molecule has 0 saturated carbocycles. The van der Waals surface area contributed by atoms with E-state index in [-0.39, 0.29) is 11.0 Å². The highest BCUT2D eigenvalue weighted by molar-refractivity contribution is 5.97. The van der Waals surface area contributed by atoms with Crippen molar-refractivity contribution in [2.45, 2.75) is 20.4 Å². The molecule has 2 rings (SSSR count). The molecule has 0 radical (unpaired) electrons. The Morgan fingerprint density at radius 3 is 2.78 bits per heavy atom. The quantitative estimate of drug-likeness (QED) is 0.469. The van der Waals surface area contributed by atoms with Gasteiger partial charge in [-0.25, -0.2) is 5.84 Å². The summed E-state index contributed by atoms with van der Waals surface area (Å²) in [6, 6.07) is 5.53. The number of aromatic nitrogens is 1. The fourth-order valence-electron chi connectivity index (χ4n) is 2.00. The third kappa shape index (κ3) is 1.89. The fourth-order valence-corrected chi connectivity index (χ4v) is 2.00. The lowest BCUT2D eigenvalue weighted by Crippen LogP contribution is -2.34. The molecular weight excluding hydrogens is 230 g/mol. The summed E-state index contributed by atoms with van der Waals surface area (Å²) < 4.78 is 1.87. The van der Waals surface area contributed by atoms with Crippen molar-refractivity contribution in [3.63, 3.8) is 0 Å². The van der Waals surface area contributed by atoms with Crippen LogP contribution in [-0.4, -0.2) is 10.5 Å². The van der Waals surface area contributed by atoms with E-state index in [1.165, 1.54) is 0 Å². The van der Waals surface area contributed by atoms with E-state index in [9.17, 15) is 9.59 Å². The lowest BCUT2D eigenvalue weighted by molar-refractivity contribution is 0.0952. The molecule has 0 bridgehead atoms. The Labute approximate surface area is 104 Å². The smallest absolute Gasteiger partial charge is 0.270 e. The zero-order chi connectivity index (χ0) is 13.3. The van der Waals surface area contributed by atoms with Crippen molar-refractivity contribution in [1.82, 2.24) is 9.99 Å². The van der Waals surface area contributed by atoms with Gasteiger partial charge < -0.3 is 4.57 Å². The molecule has 0 atom stereocenters. The number of hydrazine groups is 1. The van der Waals surface area contributed by atoms with Crippen molar-refractivity contribution in [3.8, 4) is 0 Å². The van der Waals surface area contributed by atoms with Gasteiger partial charge in [0.05, 0.1) is 5.52 Å². The predicted octanol–water partition coefficient (Wildman–Crippen LogP) is 0.933. The van der Waals surface area contributed by atoms with Crippen LogP contribution in [0.4, 0.5) is 0 Å². The number of hydrogen-bond acceptors (Lipinski definition) is 3. The third-order valence-corrected chi connectivity index (χ3v) is 2.95. The number of amides is 1. The number of aryl methyl sites for hydroxylation is 2. The van der Waals surface area contributed by atoms with E-state index in [2.05, 4.69) is 0 Å². The minimum atomic E-state index is -0.565. The van der Waals surface area contributed by atoms with Crippen LogP contribution in [0.2, 0.25) is 0 Å². The van der Waals surface area contributed by atoms with Crippen LogP contribution >= 0.6 is 0 Å². The molecule has 0 aliphatic carbocycles. The van der Waals surface area contributed by atoms with Crippen LogP contribution in [0.25, 0.3) is 10.9 Å². The van der Waals surface area contributed by atoms with Crippen molar-refractivity contribution >= 4 is 16.8 Å². The average Bonchev–Trinajstić information content (AvgIpc) is 2.38. The number of nitrogens with two attached hydrogens (primary N) is 1. The molecule has 1 aromatic carbocycles. The highest BCUT2D eigenvalue weighted by Gasteiger charge is 2.13. The van der Waals surface area contributed by atoms with Crippen molar-refractivity contribution in [2.24, 2.45) is 5.84 Å².